The topological polar surface area (TPSA) is 60.9 Å². The lowest BCUT2D eigenvalue weighted by atomic mass is 10.3. The molecule has 3 rings (SSSR count). The van der Waals surface area contributed by atoms with Crippen molar-refractivity contribution >= 4 is 33.5 Å². The Kier molecular flexibility index (Phi) is 3.51. The van der Waals surface area contributed by atoms with E-state index in [2.05, 4.69) is 36.1 Å². The minimum Gasteiger partial charge on any atom is -0.312 e. The summed E-state index contributed by atoms with van der Waals surface area (Å²) in [5.41, 5.74) is 3.04. The molecule has 3 aromatic heterocycles. The van der Waals surface area contributed by atoms with E-state index >= 15 is 0 Å². The van der Waals surface area contributed by atoms with E-state index in [-0.39, 0.29) is 0 Å². The highest BCUT2D eigenvalue weighted by Gasteiger charge is 2.14. The molecule has 0 aliphatic carbocycles. The zero-order valence-electron chi connectivity index (χ0n) is 11.3. The van der Waals surface area contributed by atoms with Crippen molar-refractivity contribution in [3.05, 3.63) is 34.1 Å². The second-order valence-electron chi connectivity index (χ2n) is 4.54. The molecule has 8 heteroatoms. The van der Waals surface area contributed by atoms with Crippen molar-refractivity contribution in [2.75, 3.05) is 0 Å². The van der Waals surface area contributed by atoms with Gasteiger partial charge >= 0.3 is 0 Å². The largest absolute Gasteiger partial charge is 0.312 e. The number of hydrogen-bond donors (Lipinski definition) is 0. The van der Waals surface area contributed by atoms with E-state index < -0.39 is 0 Å². The number of aromatic nitrogens is 6. The van der Waals surface area contributed by atoms with Crippen LogP contribution in [-0.4, -0.2) is 29.1 Å². The minimum absolute atomic E-state index is 0.717. The number of imidazole rings is 1. The second kappa shape index (κ2) is 5.17. The molecular formula is C12H13BrN6S. The van der Waals surface area contributed by atoms with Gasteiger partial charge in [-0.2, -0.15) is 0 Å². The molecule has 0 fully saturated rings. The van der Waals surface area contributed by atoms with E-state index in [9.17, 15) is 0 Å². The molecule has 0 radical (unpaired) electrons. The maximum Gasteiger partial charge on any atom is 0.235 e. The van der Waals surface area contributed by atoms with Crippen molar-refractivity contribution in [2.24, 2.45) is 7.05 Å². The van der Waals surface area contributed by atoms with E-state index in [0.29, 0.717) is 0 Å². The summed E-state index contributed by atoms with van der Waals surface area (Å²) in [5, 5.41) is 8.79. The number of hydrogen-bond acceptors (Lipinski definition) is 5. The predicted molar refractivity (Wildman–Crippen MR) is 80.7 cm³/mol. The first kappa shape index (κ1) is 13.6. The Labute approximate surface area is 128 Å². The van der Waals surface area contributed by atoms with Crippen molar-refractivity contribution in [2.45, 2.75) is 24.8 Å². The lowest BCUT2D eigenvalue weighted by molar-refractivity contribution is 0.788. The summed E-state index contributed by atoms with van der Waals surface area (Å²) < 4.78 is 4.86. The summed E-state index contributed by atoms with van der Waals surface area (Å²) in [6.45, 7) is 4.03. The number of fused-ring (bicyclic) bond motifs is 1. The van der Waals surface area contributed by atoms with Crippen LogP contribution < -0.4 is 0 Å². The first-order chi connectivity index (χ1) is 9.56. The van der Waals surface area contributed by atoms with Crippen LogP contribution in [0.15, 0.2) is 22.2 Å². The van der Waals surface area contributed by atoms with Gasteiger partial charge in [-0.05, 0) is 35.8 Å². The van der Waals surface area contributed by atoms with Crippen LogP contribution in [0.3, 0.4) is 0 Å². The molecule has 0 saturated carbocycles. The van der Waals surface area contributed by atoms with Gasteiger partial charge in [0.15, 0.2) is 5.16 Å². The van der Waals surface area contributed by atoms with Gasteiger partial charge in [0.25, 0.3) is 0 Å². The van der Waals surface area contributed by atoms with Gasteiger partial charge < -0.3 is 4.57 Å². The van der Waals surface area contributed by atoms with Crippen LogP contribution in [0.5, 0.6) is 0 Å². The average Bonchev–Trinajstić information content (AvgIpc) is 2.91. The summed E-state index contributed by atoms with van der Waals surface area (Å²) in [6.07, 6.45) is 1.69. The van der Waals surface area contributed by atoms with E-state index in [4.69, 9.17) is 0 Å². The monoisotopic (exact) mass is 352 g/mol. The van der Waals surface area contributed by atoms with E-state index in [1.807, 2.05) is 35.9 Å². The summed E-state index contributed by atoms with van der Waals surface area (Å²) >= 11 is 5.22. The minimum atomic E-state index is 0.717. The van der Waals surface area contributed by atoms with Crippen LogP contribution in [0.1, 0.15) is 17.1 Å². The molecule has 20 heavy (non-hydrogen) atoms. The van der Waals surface area contributed by atoms with Gasteiger partial charge in [0.2, 0.25) is 5.78 Å². The van der Waals surface area contributed by atoms with Crippen LogP contribution in [0.25, 0.3) is 5.78 Å². The van der Waals surface area contributed by atoms with Crippen molar-refractivity contribution in [1.29, 1.82) is 0 Å². The molecule has 3 aromatic rings. The molecular weight excluding hydrogens is 340 g/mol. The third kappa shape index (κ3) is 2.33. The summed E-state index contributed by atoms with van der Waals surface area (Å²) in [7, 11) is 1.93. The van der Waals surface area contributed by atoms with Crippen LogP contribution >= 0.6 is 27.7 Å². The molecule has 0 aromatic carbocycles. The third-order valence-electron chi connectivity index (χ3n) is 2.92. The van der Waals surface area contributed by atoms with Gasteiger partial charge in [-0.1, -0.05) is 11.8 Å². The molecule has 0 spiro atoms. The maximum absolute atomic E-state index is 4.59. The molecule has 0 aliphatic rings. The number of halogens is 1. The molecule has 0 bridgehead atoms. The van der Waals surface area contributed by atoms with Crippen molar-refractivity contribution < 1.29 is 0 Å². The summed E-state index contributed by atoms with van der Waals surface area (Å²) in [6, 6.07) is 2.04. The standard InChI is InChI=1S/C12H13BrN6S/c1-7-4-8(2)19-10(13)9(16-11(19)15-7)5-20-12-17-14-6-18(12)3/h4,6H,5H2,1-3H3. The van der Waals surface area contributed by atoms with E-state index in [1.165, 1.54) is 0 Å². The lowest BCUT2D eigenvalue weighted by Gasteiger charge is -2.02. The Morgan fingerprint density at radius 3 is 2.80 bits per heavy atom. The number of thioether (sulfide) groups is 1. The SMILES string of the molecule is Cc1cc(C)n2c(Br)c(CSc3nncn3C)nc2n1. The molecule has 0 atom stereocenters. The highest BCUT2D eigenvalue weighted by Crippen LogP contribution is 2.26. The summed E-state index contributed by atoms with van der Waals surface area (Å²) in [4.78, 5) is 9.05. The number of rotatable bonds is 3. The smallest absolute Gasteiger partial charge is 0.235 e. The fraction of sp³-hybridized carbons (Fsp3) is 0.333. The fourth-order valence-corrected chi connectivity index (χ4v) is 3.68. The fourth-order valence-electron chi connectivity index (χ4n) is 2.01. The lowest BCUT2D eigenvalue weighted by Crippen LogP contribution is -1.96. The number of nitrogens with zero attached hydrogens (tertiary/aromatic N) is 6. The highest BCUT2D eigenvalue weighted by molar-refractivity contribution is 9.10. The molecule has 6 nitrogen and oxygen atoms in total. The van der Waals surface area contributed by atoms with Gasteiger partial charge in [-0.15, -0.1) is 10.2 Å². The Balaban J connectivity index is 1.94. The maximum atomic E-state index is 4.59. The van der Waals surface area contributed by atoms with E-state index in [1.54, 1.807) is 18.1 Å². The quantitative estimate of drug-likeness (QED) is 0.677. The van der Waals surface area contributed by atoms with E-state index in [0.717, 1.165) is 38.4 Å². The van der Waals surface area contributed by atoms with Crippen molar-refractivity contribution in [3.8, 4) is 0 Å². The number of aryl methyl sites for hydroxylation is 3. The second-order valence-corrected chi connectivity index (χ2v) is 6.23. The van der Waals surface area contributed by atoms with Crippen LogP contribution in [0, 0.1) is 13.8 Å². The molecule has 0 saturated heterocycles. The zero-order chi connectivity index (χ0) is 14.3. The Hall–Kier alpha value is -1.41. The van der Waals surface area contributed by atoms with Gasteiger partial charge in [0.05, 0.1) is 5.69 Å². The van der Waals surface area contributed by atoms with Crippen molar-refractivity contribution in [3.63, 3.8) is 0 Å². The zero-order valence-corrected chi connectivity index (χ0v) is 13.7. The van der Waals surface area contributed by atoms with Gasteiger partial charge in [0.1, 0.15) is 10.9 Å². The van der Waals surface area contributed by atoms with Crippen LogP contribution in [-0.2, 0) is 12.8 Å². The first-order valence-electron chi connectivity index (χ1n) is 6.04. The third-order valence-corrected chi connectivity index (χ3v) is 4.78. The Morgan fingerprint density at radius 2 is 2.10 bits per heavy atom. The normalized spacial score (nSPS) is 11.4. The van der Waals surface area contributed by atoms with Crippen molar-refractivity contribution in [1.82, 2.24) is 29.1 Å². The molecule has 3 heterocycles. The van der Waals surface area contributed by atoms with Gasteiger partial charge in [-0.3, -0.25) is 4.40 Å². The molecule has 0 unspecified atom stereocenters. The highest BCUT2D eigenvalue weighted by atomic mass is 79.9. The first-order valence-corrected chi connectivity index (χ1v) is 7.82. The van der Waals surface area contributed by atoms with Crippen LogP contribution in [0.2, 0.25) is 0 Å². The molecule has 0 N–H and O–H groups in total. The average molecular weight is 353 g/mol. The summed E-state index contributed by atoms with van der Waals surface area (Å²) in [5.74, 6) is 1.44. The van der Waals surface area contributed by atoms with Gasteiger partial charge in [-0.25, -0.2) is 9.97 Å². The van der Waals surface area contributed by atoms with Gasteiger partial charge in [0, 0.05) is 24.2 Å². The van der Waals surface area contributed by atoms with Crippen LogP contribution in [0.4, 0.5) is 0 Å². The molecule has 104 valence electrons. The predicted octanol–water partition coefficient (Wildman–Crippen LogP) is 2.53. The Morgan fingerprint density at radius 1 is 1.30 bits per heavy atom. The molecule has 0 aliphatic heterocycles. The molecule has 0 amide bonds. The Bertz CT molecular complexity index is 778.